The lowest BCUT2D eigenvalue weighted by Gasteiger charge is -2.48. The van der Waals surface area contributed by atoms with E-state index in [0.29, 0.717) is 11.6 Å². The molecule has 0 radical (unpaired) electrons. The van der Waals surface area contributed by atoms with Crippen LogP contribution in [0.15, 0.2) is 47.0 Å². The normalized spacial score (nSPS) is 23.2. The molecule has 0 aromatic heterocycles. The van der Waals surface area contributed by atoms with E-state index in [4.69, 9.17) is 4.74 Å². The summed E-state index contributed by atoms with van der Waals surface area (Å²) >= 11 is 4.51. The number of carbonyl (C=O) groups excluding carboxylic acids is 1. The van der Waals surface area contributed by atoms with E-state index in [1.807, 2.05) is 48.2 Å². The summed E-state index contributed by atoms with van der Waals surface area (Å²) in [6.45, 7) is 2.53. The van der Waals surface area contributed by atoms with Gasteiger partial charge < -0.3 is 15.0 Å². The van der Waals surface area contributed by atoms with E-state index in [9.17, 15) is 10.1 Å². The Bertz CT molecular complexity index is 749. The number of hydrogen-bond donors (Lipinski definition) is 2. The van der Waals surface area contributed by atoms with E-state index < -0.39 is 5.66 Å². The summed E-state index contributed by atoms with van der Waals surface area (Å²) < 4.78 is 5.49. The van der Waals surface area contributed by atoms with Crippen LogP contribution >= 0.6 is 12.6 Å². The summed E-state index contributed by atoms with van der Waals surface area (Å²) in [6, 6.07) is 9.54. The number of amides is 1. The minimum absolute atomic E-state index is 0.0248. The van der Waals surface area contributed by atoms with Crippen molar-refractivity contribution in [3.05, 3.63) is 47.0 Å². The highest BCUT2D eigenvalue weighted by Crippen LogP contribution is 2.39. The molecule has 1 spiro atoms. The second-order valence-corrected chi connectivity index (χ2v) is 6.17. The fraction of sp³-hybridized carbons (Fsp3) is 0.333. The van der Waals surface area contributed by atoms with Crippen molar-refractivity contribution in [2.24, 2.45) is 0 Å². The van der Waals surface area contributed by atoms with Crippen LogP contribution in [-0.4, -0.2) is 18.2 Å². The van der Waals surface area contributed by atoms with Gasteiger partial charge in [-0.3, -0.25) is 4.79 Å². The average Bonchev–Trinajstić information content (AvgIpc) is 2.57. The maximum atomic E-state index is 12.3. The predicted octanol–water partition coefficient (Wildman–Crippen LogP) is 3.12. The zero-order chi connectivity index (χ0) is 17.2. The van der Waals surface area contributed by atoms with E-state index in [2.05, 4.69) is 24.0 Å². The van der Waals surface area contributed by atoms with Crippen molar-refractivity contribution in [1.29, 1.82) is 5.26 Å². The number of thiol groups is 1. The SMILES string of the molecule is CCOc1ccc(N2C(S)=C(C#N)C(=O)NC23C=CCCC3)cc1. The summed E-state index contributed by atoms with van der Waals surface area (Å²) in [4.78, 5) is 14.2. The Kier molecular flexibility index (Phi) is 4.54. The van der Waals surface area contributed by atoms with Crippen molar-refractivity contribution in [1.82, 2.24) is 5.32 Å². The van der Waals surface area contributed by atoms with Gasteiger partial charge in [-0.05, 0) is 56.5 Å². The van der Waals surface area contributed by atoms with Gasteiger partial charge in [0.2, 0.25) is 0 Å². The fourth-order valence-corrected chi connectivity index (χ4v) is 3.62. The van der Waals surface area contributed by atoms with Gasteiger partial charge in [-0.25, -0.2) is 0 Å². The molecular formula is C18H19N3O2S. The molecule has 2 aliphatic rings. The minimum atomic E-state index is -0.681. The minimum Gasteiger partial charge on any atom is -0.494 e. The van der Waals surface area contributed by atoms with Gasteiger partial charge in [0, 0.05) is 5.69 Å². The standard InChI is InChI=1S/C18H19N3O2S/c1-2-23-14-8-6-13(7-9-14)21-17(24)15(12-19)16(22)20-18(21)10-4-3-5-11-18/h4,6-10,24H,2-3,5,11H2,1H3,(H,20,22). The monoisotopic (exact) mass is 341 g/mol. The molecule has 1 aromatic carbocycles. The van der Waals surface area contributed by atoms with Gasteiger partial charge in [0.15, 0.2) is 0 Å². The number of ether oxygens (including phenoxy) is 1. The molecule has 1 N–H and O–H groups in total. The van der Waals surface area contributed by atoms with Crippen molar-refractivity contribution in [3.63, 3.8) is 0 Å². The Morgan fingerprint density at radius 2 is 2.17 bits per heavy atom. The molecule has 1 aromatic rings. The maximum absolute atomic E-state index is 12.3. The van der Waals surface area contributed by atoms with Crippen LogP contribution in [0.3, 0.4) is 0 Å². The van der Waals surface area contributed by atoms with Gasteiger partial charge in [-0.1, -0.05) is 6.08 Å². The Morgan fingerprint density at radius 3 is 2.75 bits per heavy atom. The van der Waals surface area contributed by atoms with Crippen LogP contribution in [0.4, 0.5) is 5.69 Å². The Balaban J connectivity index is 2.10. The molecule has 24 heavy (non-hydrogen) atoms. The molecule has 0 saturated heterocycles. The van der Waals surface area contributed by atoms with E-state index in [-0.39, 0.29) is 11.5 Å². The predicted molar refractivity (Wildman–Crippen MR) is 95.6 cm³/mol. The summed E-state index contributed by atoms with van der Waals surface area (Å²) in [7, 11) is 0. The number of carbonyl (C=O) groups is 1. The molecule has 0 saturated carbocycles. The Morgan fingerprint density at radius 1 is 1.42 bits per heavy atom. The molecule has 1 heterocycles. The van der Waals surface area contributed by atoms with Crippen molar-refractivity contribution < 1.29 is 9.53 Å². The molecule has 6 heteroatoms. The first-order chi connectivity index (χ1) is 11.6. The number of hydrogen-bond acceptors (Lipinski definition) is 5. The van der Waals surface area contributed by atoms with Crippen molar-refractivity contribution >= 4 is 24.2 Å². The lowest BCUT2D eigenvalue weighted by molar-refractivity contribution is -0.119. The molecule has 1 atom stereocenters. The van der Waals surface area contributed by atoms with Crippen LogP contribution in [-0.2, 0) is 4.79 Å². The van der Waals surface area contributed by atoms with E-state index >= 15 is 0 Å². The largest absolute Gasteiger partial charge is 0.494 e. The third kappa shape index (κ3) is 2.76. The molecule has 1 unspecified atom stereocenters. The van der Waals surface area contributed by atoms with Crippen molar-refractivity contribution in [3.8, 4) is 11.8 Å². The molecule has 0 fully saturated rings. The van der Waals surface area contributed by atoms with Crippen LogP contribution < -0.4 is 15.0 Å². The Labute approximate surface area is 147 Å². The van der Waals surface area contributed by atoms with Gasteiger partial charge in [0.25, 0.3) is 5.91 Å². The second-order valence-electron chi connectivity index (χ2n) is 5.75. The van der Waals surface area contributed by atoms with E-state index in [1.54, 1.807) is 0 Å². The molecule has 1 amide bonds. The maximum Gasteiger partial charge on any atom is 0.266 e. The molecule has 3 rings (SSSR count). The highest BCUT2D eigenvalue weighted by Gasteiger charge is 2.44. The Hall–Kier alpha value is -2.39. The molecule has 1 aliphatic carbocycles. The van der Waals surface area contributed by atoms with Gasteiger partial charge in [-0.2, -0.15) is 5.26 Å². The number of rotatable bonds is 3. The molecule has 0 bridgehead atoms. The van der Waals surface area contributed by atoms with E-state index in [1.165, 1.54) is 0 Å². The van der Waals surface area contributed by atoms with Gasteiger partial charge >= 0.3 is 0 Å². The highest BCUT2D eigenvalue weighted by atomic mass is 32.1. The van der Waals surface area contributed by atoms with E-state index in [0.717, 1.165) is 30.7 Å². The number of nitrogens with one attached hydrogen (secondary N) is 1. The second kappa shape index (κ2) is 6.62. The van der Waals surface area contributed by atoms with Crippen LogP contribution in [0, 0.1) is 11.3 Å². The summed E-state index contributed by atoms with van der Waals surface area (Å²) in [5.74, 6) is 0.400. The van der Waals surface area contributed by atoms with Crippen LogP contribution in [0.25, 0.3) is 0 Å². The summed E-state index contributed by atoms with van der Waals surface area (Å²) in [5, 5.41) is 12.7. The first-order valence-electron chi connectivity index (χ1n) is 7.98. The summed E-state index contributed by atoms with van der Waals surface area (Å²) in [6.07, 6.45) is 6.74. The van der Waals surface area contributed by atoms with Crippen LogP contribution in [0.2, 0.25) is 0 Å². The van der Waals surface area contributed by atoms with Gasteiger partial charge in [-0.15, -0.1) is 12.6 Å². The molecule has 1 aliphatic heterocycles. The lowest BCUT2D eigenvalue weighted by atomic mass is 9.91. The summed E-state index contributed by atoms with van der Waals surface area (Å²) in [5.41, 5.74) is 0.194. The number of anilines is 1. The quantitative estimate of drug-likeness (QED) is 0.655. The first kappa shape index (κ1) is 16.5. The third-order valence-corrected chi connectivity index (χ3v) is 4.66. The van der Waals surface area contributed by atoms with Crippen molar-refractivity contribution in [2.75, 3.05) is 11.5 Å². The lowest BCUT2D eigenvalue weighted by Crippen LogP contribution is -2.63. The highest BCUT2D eigenvalue weighted by molar-refractivity contribution is 7.84. The van der Waals surface area contributed by atoms with Crippen molar-refractivity contribution in [2.45, 2.75) is 31.8 Å². The fourth-order valence-electron chi connectivity index (χ4n) is 3.17. The molecular weight excluding hydrogens is 322 g/mol. The smallest absolute Gasteiger partial charge is 0.266 e. The van der Waals surface area contributed by atoms with Gasteiger partial charge in [0.1, 0.15) is 23.1 Å². The average molecular weight is 341 g/mol. The topological polar surface area (TPSA) is 65.4 Å². The third-order valence-electron chi connectivity index (χ3n) is 4.23. The van der Waals surface area contributed by atoms with Crippen LogP contribution in [0.1, 0.15) is 26.2 Å². The van der Waals surface area contributed by atoms with Crippen LogP contribution in [0.5, 0.6) is 5.75 Å². The zero-order valence-corrected chi connectivity index (χ0v) is 14.3. The number of nitrogens with zero attached hydrogens (tertiary/aromatic N) is 2. The first-order valence-corrected chi connectivity index (χ1v) is 8.42. The number of nitriles is 1. The number of allylic oxidation sites excluding steroid dienone is 1. The van der Waals surface area contributed by atoms with Gasteiger partial charge in [0.05, 0.1) is 11.6 Å². The zero-order valence-electron chi connectivity index (χ0n) is 13.5. The molecule has 5 nitrogen and oxygen atoms in total. The number of benzene rings is 1. The molecule has 124 valence electrons.